The van der Waals surface area contributed by atoms with Crippen LogP contribution in [0.3, 0.4) is 0 Å². The summed E-state index contributed by atoms with van der Waals surface area (Å²) in [6, 6.07) is 17.6. The molecule has 104 valence electrons. The lowest BCUT2D eigenvalue weighted by molar-refractivity contribution is -0.122. The summed E-state index contributed by atoms with van der Waals surface area (Å²) in [5.41, 5.74) is 8.57. The predicted molar refractivity (Wildman–Crippen MR) is 82.4 cm³/mol. The average molecular weight is 268 g/mol. The second-order valence-electron chi connectivity index (χ2n) is 4.80. The van der Waals surface area contributed by atoms with Crippen LogP contribution in [0.2, 0.25) is 0 Å². The molecule has 1 unspecified atom stereocenters. The van der Waals surface area contributed by atoms with E-state index in [1.807, 2.05) is 61.5 Å². The number of likely N-dealkylation sites (N-methyl/N-ethyl adjacent to an activating group) is 1. The van der Waals surface area contributed by atoms with E-state index in [9.17, 15) is 4.79 Å². The summed E-state index contributed by atoms with van der Waals surface area (Å²) >= 11 is 0. The zero-order chi connectivity index (χ0) is 14.4. The number of carbonyl (C=O) groups is 1. The lowest BCUT2D eigenvalue weighted by atomic mass is 9.91. The van der Waals surface area contributed by atoms with Gasteiger partial charge >= 0.3 is 0 Å². The van der Waals surface area contributed by atoms with Crippen molar-refractivity contribution in [3.63, 3.8) is 0 Å². The SMILES string of the molecule is CCNC(=O)C(Cc1ccccc1)c1ccc(N)cc1. The van der Waals surface area contributed by atoms with Gasteiger partial charge in [0.2, 0.25) is 5.91 Å². The number of carbonyl (C=O) groups excluding carboxylic acids is 1. The monoisotopic (exact) mass is 268 g/mol. The third-order valence-corrected chi connectivity index (χ3v) is 3.29. The van der Waals surface area contributed by atoms with E-state index in [4.69, 9.17) is 5.73 Å². The molecule has 0 saturated carbocycles. The van der Waals surface area contributed by atoms with E-state index in [-0.39, 0.29) is 11.8 Å². The van der Waals surface area contributed by atoms with Gasteiger partial charge < -0.3 is 11.1 Å². The molecule has 1 amide bonds. The van der Waals surface area contributed by atoms with Gasteiger partial charge in [0, 0.05) is 12.2 Å². The van der Waals surface area contributed by atoms with Gasteiger partial charge in [-0.25, -0.2) is 0 Å². The normalized spacial score (nSPS) is 11.8. The minimum absolute atomic E-state index is 0.0566. The zero-order valence-electron chi connectivity index (χ0n) is 11.7. The second-order valence-corrected chi connectivity index (χ2v) is 4.80. The predicted octanol–water partition coefficient (Wildman–Crippen LogP) is 2.73. The molecule has 0 fully saturated rings. The number of nitrogens with two attached hydrogens (primary N) is 1. The molecule has 3 nitrogen and oxygen atoms in total. The molecule has 3 N–H and O–H groups in total. The van der Waals surface area contributed by atoms with Gasteiger partial charge in [-0.3, -0.25) is 4.79 Å². The third kappa shape index (κ3) is 3.60. The van der Waals surface area contributed by atoms with Gasteiger partial charge in [0.1, 0.15) is 0 Å². The molecule has 0 saturated heterocycles. The molecule has 20 heavy (non-hydrogen) atoms. The molecule has 0 bridgehead atoms. The van der Waals surface area contributed by atoms with E-state index in [1.165, 1.54) is 0 Å². The fraction of sp³-hybridized carbons (Fsp3) is 0.235. The van der Waals surface area contributed by atoms with Crippen molar-refractivity contribution in [1.82, 2.24) is 5.32 Å². The Morgan fingerprint density at radius 1 is 1.10 bits per heavy atom. The largest absolute Gasteiger partial charge is 0.399 e. The molecule has 1 atom stereocenters. The Kier molecular flexibility index (Phi) is 4.77. The van der Waals surface area contributed by atoms with Crippen molar-refractivity contribution in [2.75, 3.05) is 12.3 Å². The van der Waals surface area contributed by atoms with Crippen LogP contribution >= 0.6 is 0 Å². The first-order valence-corrected chi connectivity index (χ1v) is 6.87. The van der Waals surface area contributed by atoms with Crippen molar-refractivity contribution in [3.05, 3.63) is 65.7 Å². The summed E-state index contributed by atoms with van der Waals surface area (Å²) in [7, 11) is 0. The maximum atomic E-state index is 12.3. The fourth-order valence-corrected chi connectivity index (χ4v) is 2.24. The van der Waals surface area contributed by atoms with E-state index in [2.05, 4.69) is 5.32 Å². The van der Waals surface area contributed by atoms with Crippen LogP contribution in [-0.4, -0.2) is 12.5 Å². The van der Waals surface area contributed by atoms with Crippen molar-refractivity contribution in [2.24, 2.45) is 0 Å². The highest BCUT2D eigenvalue weighted by molar-refractivity contribution is 5.84. The first kappa shape index (κ1) is 14.1. The Morgan fingerprint density at radius 3 is 2.35 bits per heavy atom. The molecule has 0 aliphatic rings. The van der Waals surface area contributed by atoms with Crippen LogP contribution in [-0.2, 0) is 11.2 Å². The van der Waals surface area contributed by atoms with Gasteiger partial charge in [-0.1, -0.05) is 42.5 Å². The van der Waals surface area contributed by atoms with Gasteiger partial charge in [-0.15, -0.1) is 0 Å². The second kappa shape index (κ2) is 6.75. The van der Waals surface area contributed by atoms with Gasteiger partial charge in [-0.2, -0.15) is 0 Å². The molecule has 0 heterocycles. The fourth-order valence-electron chi connectivity index (χ4n) is 2.24. The number of anilines is 1. The third-order valence-electron chi connectivity index (χ3n) is 3.29. The lowest BCUT2D eigenvalue weighted by Gasteiger charge is -2.17. The van der Waals surface area contributed by atoms with Crippen molar-refractivity contribution in [2.45, 2.75) is 19.3 Å². The number of rotatable bonds is 5. The zero-order valence-corrected chi connectivity index (χ0v) is 11.7. The highest BCUT2D eigenvalue weighted by atomic mass is 16.1. The lowest BCUT2D eigenvalue weighted by Crippen LogP contribution is -2.30. The molecular formula is C17H20N2O. The number of benzene rings is 2. The molecule has 0 aromatic heterocycles. The number of nitrogen functional groups attached to an aromatic ring is 1. The maximum Gasteiger partial charge on any atom is 0.227 e. The van der Waals surface area contributed by atoms with Crippen LogP contribution in [0.25, 0.3) is 0 Å². The maximum absolute atomic E-state index is 12.3. The minimum atomic E-state index is -0.182. The van der Waals surface area contributed by atoms with Crippen molar-refractivity contribution in [1.29, 1.82) is 0 Å². The van der Waals surface area contributed by atoms with Crippen LogP contribution < -0.4 is 11.1 Å². The van der Waals surface area contributed by atoms with Gasteiger partial charge in [0.05, 0.1) is 5.92 Å². The van der Waals surface area contributed by atoms with E-state index < -0.39 is 0 Å². The number of nitrogens with one attached hydrogen (secondary N) is 1. The Labute approximate surface area is 119 Å². The summed E-state index contributed by atoms with van der Waals surface area (Å²) in [5.74, 6) is -0.126. The van der Waals surface area contributed by atoms with Crippen molar-refractivity contribution in [3.8, 4) is 0 Å². The first-order valence-electron chi connectivity index (χ1n) is 6.87. The Hall–Kier alpha value is -2.29. The molecule has 2 aromatic rings. The molecule has 2 rings (SSSR count). The number of hydrogen-bond donors (Lipinski definition) is 2. The van der Waals surface area contributed by atoms with Crippen molar-refractivity contribution >= 4 is 11.6 Å². The first-order chi connectivity index (χ1) is 9.70. The Bertz CT molecular complexity index is 549. The van der Waals surface area contributed by atoms with Crippen LogP contribution in [0.15, 0.2) is 54.6 Å². The Morgan fingerprint density at radius 2 is 1.75 bits per heavy atom. The highest BCUT2D eigenvalue weighted by Crippen LogP contribution is 2.22. The summed E-state index contributed by atoms with van der Waals surface area (Å²) in [6.07, 6.45) is 0.691. The highest BCUT2D eigenvalue weighted by Gasteiger charge is 2.20. The number of hydrogen-bond acceptors (Lipinski definition) is 2. The van der Waals surface area contributed by atoms with Crippen LogP contribution in [0.1, 0.15) is 24.0 Å². The molecule has 3 heteroatoms. The minimum Gasteiger partial charge on any atom is -0.399 e. The number of amides is 1. The molecular weight excluding hydrogens is 248 g/mol. The topological polar surface area (TPSA) is 55.1 Å². The molecule has 2 aromatic carbocycles. The van der Waals surface area contributed by atoms with Crippen LogP contribution in [0, 0.1) is 0 Å². The summed E-state index contributed by atoms with van der Waals surface area (Å²) in [6.45, 7) is 2.57. The summed E-state index contributed by atoms with van der Waals surface area (Å²) in [5, 5.41) is 2.91. The van der Waals surface area contributed by atoms with Gasteiger partial charge in [-0.05, 0) is 36.6 Å². The van der Waals surface area contributed by atoms with Crippen LogP contribution in [0.4, 0.5) is 5.69 Å². The van der Waals surface area contributed by atoms with Gasteiger partial charge in [0.15, 0.2) is 0 Å². The van der Waals surface area contributed by atoms with E-state index in [0.717, 1.165) is 11.1 Å². The van der Waals surface area contributed by atoms with Gasteiger partial charge in [0.25, 0.3) is 0 Å². The Balaban J connectivity index is 2.25. The summed E-state index contributed by atoms with van der Waals surface area (Å²) < 4.78 is 0. The smallest absolute Gasteiger partial charge is 0.227 e. The molecule has 0 spiro atoms. The van der Waals surface area contributed by atoms with E-state index in [1.54, 1.807) is 0 Å². The molecule has 0 radical (unpaired) electrons. The quantitative estimate of drug-likeness (QED) is 0.819. The molecule has 0 aliphatic carbocycles. The van der Waals surface area contributed by atoms with Crippen LogP contribution in [0.5, 0.6) is 0 Å². The molecule has 0 aliphatic heterocycles. The van der Waals surface area contributed by atoms with Crippen molar-refractivity contribution < 1.29 is 4.79 Å². The standard InChI is InChI=1S/C17H20N2O/c1-2-19-17(20)16(12-13-6-4-3-5-7-13)14-8-10-15(18)11-9-14/h3-11,16H,2,12,18H2,1H3,(H,19,20). The average Bonchev–Trinajstić information content (AvgIpc) is 2.47. The summed E-state index contributed by atoms with van der Waals surface area (Å²) in [4.78, 5) is 12.3. The van der Waals surface area contributed by atoms with E-state index >= 15 is 0 Å². The van der Waals surface area contributed by atoms with E-state index in [0.29, 0.717) is 18.7 Å².